The molecule has 0 aliphatic rings. The molecule has 19 heavy (non-hydrogen) atoms. The Balaban J connectivity index is 3.04. The zero-order valence-corrected chi connectivity index (χ0v) is 11.5. The monoisotopic (exact) mass is 291 g/mol. The minimum Gasteiger partial charge on any atom is -0.480 e. The van der Waals surface area contributed by atoms with Crippen LogP contribution in [-0.2, 0) is 21.4 Å². The minimum atomic E-state index is -3.78. The second-order valence-electron chi connectivity index (χ2n) is 4.20. The molecule has 0 aliphatic carbocycles. The number of carboxylic acid groups (broad SMARTS) is 1. The predicted octanol–water partition coefficient (Wildman–Crippen LogP) is -0.641. The van der Waals surface area contributed by atoms with E-state index in [-0.39, 0.29) is 24.1 Å². The Morgan fingerprint density at radius 2 is 2.16 bits per heavy atom. The second kappa shape index (κ2) is 6.13. The third kappa shape index (κ3) is 3.75. The Labute approximate surface area is 111 Å². The number of rotatable bonds is 7. The highest BCUT2D eigenvalue weighted by Gasteiger charge is 2.27. The summed E-state index contributed by atoms with van der Waals surface area (Å²) in [6.07, 6.45) is 2.27. The Hall–Kier alpha value is -1.45. The molecule has 0 fully saturated rings. The maximum atomic E-state index is 12.3. The number of nitrogens with zero attached hydrogens (tertiary/aromatic N) is 3. The lowest BCUT2D eigenvalue weighted by Crippen LogP contribution is -2.38. The quantitative estimate of drug-likeness (QED) is 0.691. The summed E-state index contributed by atoms with van der Waals surface area (Å²) in [6, 6.07) is -0.319. The van der Waals surface area contributed by atoms with Crippen molar-refractivity contribution in [2.24, 2.45) is 0 Å². The summed E-state index contributed by atoms with van der Waals surface area (Å²) in [7, 11) is -3.78. The molecule has 0 radical (unpaired) electrons. The number of hydrogen-bond donors (Lipinski definition) is 2. The van der Waals surface area contributed by atoms with Crippen LogP contribution in [0.15, 0.2) is 17.3 Å². The van der Waals surface area contributed by atoms with E-state index in [1.807, 2.05) is 0 Å². The first kappa shape index (κ1) is 15.6. The van der Waals surface area contributed by atoms with Crippen LogP contribution in [0.3, 0.4) is 0 Å². The van der Waals surface area contributed by atoms with Gasteiger partial charge in [0.2, 0.25) is 10.0 Å². The van der Waals surface area contributed by atoms with Crippen LogP contribution in [0.1, 0.15) is 13.8 Å². The fraction of sp³-hybridized carbons (Fsp3) is 0.600. The zero-order valence-electron chi connectivity index (χ0n) is 10.7. The first-order valence-corrected chi connectivity index (χ1v) is 7.10. The molecule has 0 amide bonds. The molecule has 1 aromatic heterocycles. The van der Waals surface area contributed by atoms with Crippen LogP contribution >= 0.6 is 0 Å². The van der Waals surface area contributed by atoms with Gasteiger partial charge in [0.15, 0.2) is 0 Å². The molecular formula is C10H17N3O5S. The van der Waals surface area contributed by atoms with E-state index in [1.165, 1.54) is 0 Å². The molecule has 8 nitrogen and oxygen atoms in total. The summed E-state index contributed by atoms with van der Waals surface area (Å²) >= 11 is 0. The molecule has 0 aromatic carbocycles. The van der Waals surface area contributed by atoms with Crippen LogP contribution in [0.25, 0.3) is 0 Å². The van der Waals surface area contributed by atoms with E-state index < -0.39 is 22.5 Å². The molecular weight excluding hydrogens is 274 g/mol. The number of aliphatic hydroxyl groups excluding tert-OH is 1. The fourth-order valence-electron chi connectivity index (χ4n) is 1.59. The smallest absolute Gasteiger partial charge is 0.325 e. The Bertz CT molecular complexity index is 537. The van der Waals surface area contributed by atoms with Crippen molar-refractivity contribution in [3.8, 4) is 0 Å². The Morgan fingerprint density at radius 3 is 2.63 bits per heavy atom. The molecule has 108 valence electrons. The van der Waals surface area contributed by atoms with Gasteiger partial charge in [-0.1, -0.05) is 0 Å². The van der Waals surface area contributed by atoms with Gasteiger partial charge in [-0.05, 0) is 13.8 Å². The van der Waals surface area contributed by atoms with Gasteiger partial charge in [-0.15, -0.1) is 0 Å². The van der Waals surface area contributed by atoms with Crippen molar-refractivity contribution in [2.75, 3.05) is 13.2 Å². The Morgan fingerprint density at radius 1 is 1.53 bits per heavy atom. The average molecular weight is 291 g/mol. The highest BCUT2D eigenvalue weighted by molar-refractivity contribution is 7.89. The van der Waals surface area contributed by atoms with Crippen LogP contribution in [0.2, 0.25) is 0 Å². The fourth-order valence-corrected chi connectivity index (χ4v) is 3.18. The molecule has 1 aromatic rings. The molecule has 2 N–H and O–H groups in total. The molecule has 0 aliphatic heterocycles. The molecule has 0 bridgehead atoms. The number of aromatic nitrogens is 2. The minimum absolute atomic E-state index is 0.0237. The van der Waals surface area contributed by atoms with E-state index in [0.29, 0.717) is 0 Å². The third-order valence-corrected chi connectivity index (χ3v) is 4.44. The molecule has 1 heterocycles. The Kier molecular flexibility index (Phi) is 5.04. The summed E-state index contributed by atoms with van der Waals surface area (Å²) in [5.74, 6) is -1.11. The number of hydrogen-bond acceptors (Lipinski definition) is 5. The van der Waals surface area contributed by atoms with E-state index in [9.17, 15) is 13.2 Å². The van der Waals surface area contributed by atoms with Gasteiger partial charge in [-0.3, -0.25) is 9.48 Å². The van der Waals surface area contributed by atoms with Crippen molar-refractivity contribution in [3.05, 3.63) is 12.4 Å². The second-order valence-corrected chi connectivity index (χ2v) is 6.09. The van der Waals surface area contributed by atoms with Crippen molar-refractivity contribution in [1.82, 2.24) is 14.1 Å². The highest BCUT2D eigenvalue weighted by Crippen LogP contribution is 2.17. The molecule has 1 rings (SSSR count). The van der Waals surface area contributed by atoms with Gasteiger partial charge in [0.25, 0.3) is 0 Å². The standard InChI is InChI=1S/C10H17N3O5S/c1-8(2)13(3-4-14)19(17,18)9-5-11-12(6-9)7-10(15)16/h5-6,8,14H,3-4,7H2,1-2H3,(H,15,16). The van der Waals surface area contributed by atoms with Gasteiger partial charge in [0.05, 0.1) is 12.8 Å². The van der Waals surface area contributed by atoms with E-state index in [2.05, 4.69) is 5.10 Å². The molecule has 0 saturated heterocycles. The largest absolute Gasteiger partial charge is 0.480 e. The van der Waals surface area contributed by atoms with Crippen LogP contribution in [0.5, 0.6) is 0 Å². The normalized spacial score (nSPS) is 12.3. The van der Waals surface area contributed by atoms with Gasteiger partial charge in [0, 0.05) is 18.8 Å². The van der Waals surface area contributed by atoms with Crippen molar-refractivity contribution < 1.29 is 23.4 Å². The molecule has 0 spiro atoms. The van der Waals surface area contributed by atoms with Gasteiger partial charge >= 0.3 is 5.97 Å². The lowest BCUT2D eigenvalue weighted by Gasteiger charge is -2.24. The van der Waals surface area contributed by atoms with Crippen molar-refractivity contribution in [3.63, 3.8) is 0 Å². The number of aliphatic carboxylic acids is 1. The first-order valence-electron chi connectivity index (χ1n) is 5.66. The number of carbonyl (C=O) groups is 1. The van der Waals surface area contributed by atoms with E-state index in [1.54, 1.807) is 13.8 Å². The van der Waals surface area contributed by atoms with Crippen LogP contribution in [0.4, 0.5) is 0 Å². The lowest BCUT2D eigenvalue weighted by atomic mass is 10.4. The lowest BCUT2D eigenvalue weighted by molar-refractivity contribution is -0.137. The summed E-state index contributed by atoms with van der Waals surface area (Å²) < 4.78 is 26.7. The number of carboxylic acids is 1. The van der Waals surface area contributed by atoms with Crippen LogP contribution in [0, 0.1) is 0 Å². The first-order chi connectivity index (χ1) is 8.78. The van der Waals surface area contributed by atoms with Gasteiger partial charge in [0.1, 0.15) is 11.4 Å². The SMILES string of the molecule is CC(C)N(CCO)S(=O)(=O)c1cnn(CC(=O)O)c1. The van der Waals surface area contributed by atoms with Crippen LogP contribution in [-0.4, -0.2) is 57.9 Å². The van der Waals surface area contributed by atoms with Gasteiger partial charge < -0.3 is 10.2 Å². The topological polar surface area (TPSA) is 113 Å². The highest BCUT2D eigenvalue weighted by atomic mass is 32.2. The number of sulfonamides is 1. The predicted molar refractivity (Wildman–Crippen MR) is 66.0 cm³/mol. The van der Waals surface area contributed by atoms with Crippen molar-refractivity contribution in [1.29, 1.82) is 0 Å². The number of aliphatic hydroxyl groups is 1. The average Bonchev–Trinajstić information content (AvgIpc) is 2.73. The van der Waals surface area contributed by atoms with Crippen molar-refractivity contribution in [2.45, 2.75) is 31.3 Å². The summed E-state index contributed by atoms with van der Waals surface area (Å²) in [5, 5.41) is 21.2. The molecule has 9 heteroatoms. The zero-order chi connectivity index (χ0) is 14.6. The molecule has 0 unspecified atom stereocenters. The van der Waals surface area contributed by atoms with E-state index >= 15 is 0 Å². The van der Waals surface area contributed by atoms with Gasteiger partial charge in [-0.25, -0.2) is 8.42 Å². The van der Waals surface area contributed by atoms with Crippen molar-refractivity contribution >= 4 is 16.0 Å². The van der Waals surface area contributed by atoms with Gasteiger partial charge in [-0.2, -0.15) is 9.40 Å². The molecule has 0 saturated carbocycles. The summed E-state index contributed by atoms with van der Waals surface area (Å²) in [5.41, 5.74) is 0. The maximum Gasteiger partial charge on any atom is 0.325 e. The van der Waals surface area contributed by atoms with E-state index in [4.69, 9.17) is 10.2 Å². The summed E-state index contributed by atoms with van der Waals surface area (Å²) in [6.45, 7) is 2.66. The summed E-state index contributed by atoms with van der Waals surface area (Å²) in [4.78, 5) is 10.4. The molecule has 0 atom stereocenters. The van der Waals surface area contributed by atoms with E-state index in [0.717, 1.165) is 21.4 Å². The maximum absolute atomic E-state index is 12.3. The third-order valence-electron chi connectivity index (χ3n) is 2.41. The van der Waals surface area contributed by atoms with Crippen LogP contribution < -0.4 is 0 Å².